The largest absolute Gasteiger partial charge is 0.496 e. The van der Waals surface area contributed by atoms with Crippen LogP contribution in [0.4, 0.5) is 8.78 Å². The summed E-state index contributed by atoms with van der Waals surface area (Å²) in [5, 5.41) is 2.63. The second-order valence-corrected chi connectivity index (χ2v) is 5.14. The zero-order valence-corrected chi connectivity index (χ0v) is 12.3. The summed E-state index contributed by atoms with van der Waals surface area (Å²) < 4.78 is 32.6. The van der Waals surface area contributed by atoms with Crippen molar-refractivity contribution in [1.82, 2.24) is 10.2 Å². The summed E-state index contributed by atoms with van der Waals surface area (Å²) in [5.74, 6) is -1.60. The zero-order valence-electron chi connectivity index (χ0n) is 12.3. The number of nitrogens with one attached hydrogen (secondary N) is 1. The highest BCUT2D eigenvalue weighted by Gasteiger charge is 2.29. The van der Waals surface area contributed by atoms with Crippen molar-refractivity contribution in [3.05, 3.63) is 29.3 Å². The first-order valence-corrected chi connectivity index (χ1v) is 7.05. The number of hydrogen-bond donors (Lipinski definition) is 1. The van der Waals surface area contributed by atoms with E-state index in [9.17, 15) is 13.6 Å². The molecule has 1 fully saturated rings. The maximum atomic E-state index is 14.0. The van der Waals surface area contributed by atoms with Gasteiger partial charge in [-0.3, -0.25) is 9.69 Å². The molecule has 1 aromatic carbocycles. The number of methoxy groups -OCH3 is 1. The quantitative estimate of drug-likeness (QED) is 0.925. The van der Waals surface area contributed by atoms with Gasteiger partial charge in [0.1, 0.15) is 5.75 Å². The van der Waals surface area contributed by atoms with Gasteiger partial charge in [-0.15, -0.1) is 0 Å². The van der Waals surface area contributed by atoms with Crippen LogP contribution in [0, 0.1) is 11.6 Å². The number of likely N-dealkylation sites (N-methyl/N-ethyl adjacent to an activating group) is 1. The second kappa shape index (κ2) is 6.85. The first-order chi connectivity index (χ1) is 10.1. The van der Waals surface area contributed by atoms with Crippen LogP contribution >= 0.6 is 0 Å². The molecular formula is C15H20F2N2O2. The minimum atomic E-state index is -0.907. The standard InChI is InChI=1S/C15H20F2N2O2/c1-18-15(20)12-5-3-4-8-19(12)9-10-13(21-2)7-6-11(16)14(10)17/h6-7,12H,3-5,8-9H2,1-2H3,(H,18,20). The Hall–Kier alpha value is -1.69. The third-order valence-electron chi connectivity index (χ3n) is 3.90. The number of halogens is 2. The molecular weight excluding hydrogens is 278 g/mol. The Morgan fingerprint density at radius 2 is 2.19 bits per heavy atom. The van der Waals surface area contributed by atoms with Crippen LogP contribution in [0.5, 0.6) is 5.75 Å². The molecule has 0 saturated carbocycles. The number of carbonyl (C=O) groups excluding carboxylic acids is 1. The third kappa shape index (κ3) is 3.32. The highest BCUT2D eigenvalue weighted by Crippen LogP contribution is 2.28. The van der Waals surface area contributed by atoms with E-state index in [-0.39, 0.29) is 24.1 Å². The van der Waals surface area contributed by atoms with Gasteiger partial charge in [0.05, 0.1) is 13.2 Å². The molecule has 4 nitrogen and oxygen atoms in total. The molecule has 0 aliphatic carbocycles. The predicted octanol–water partition coefficient (Wildman–Crippen LogP) is 2.07. The van der Waals surface area contributed by atoms with Crippen LogP contribution in [0.2, 0.25) is 0 Å². The van der Waals surface area contributed by atoms with Gasteiger partial charge in [-0.05, 0) is 31.5 Å². The summed E-state index contributed by atoms with van der Waals surface area (Å²) in [4.78, 5) is 13.8. The summed E-state index contributed by atoms with van der Waals surface area (Å²) in [7, 11) is 3.00. The Morgan fingerprint density at radius 1 is 1.43 bits per heavy atom. The van der Waals surface area contributed by atoms with Crippen LogP contribution in [0.1, 0.15) is 24.8 Å². The van der Waals surface area contributed by atoms with E-state index in [1.165, 1.54) is 13.2 Å². The fourth-order valence-corrected chi connectivity index (χ4v) is 2.76. The van der Waals surface area contributed by atoms with Crippen LogP contribution in [0.25, 0.3) is 0 Å². The number of piperidine rings is 1. The molecule has 1 saturated heterocycles. The van der Waals surface area contributed by atoms with E-state index < -0.39 is 11.6 Å². The van der Waals surface area contributed by atoms with Gasteiger partial charge in [-0.2, -0.15) is 0 Å². The van der Waals surface area contributed by atoms with Crippen LogP contribution in [0.15, 0.2) is 12.1 Å². The van der Waals surface area contributed by atoms with Gasteiger partial charge in [0.2, 0.25) is 5.91 Å². The lowest BCUT2D eigenvalue weighted by molar-refractivity contribution is -0.127. The summed E-state index contributed by atoms with van der Waals surface area (Å²) >= 11 is 0. The Labute approximate surface area is 123 Å². The van der Waals surface area contributed by atoms with Crippen molar-refractivity contribution in [2.24, 2.45) is 0 Å². The summed E-state index contributed by atoms with van der Waals surface area (Å²) in [6, 6.07) is 2.15. The molecule has 1 aliphatic heterocycles. The smallest absolute Gasteiger partial charge is 0.237 e. The molecule has 1 aliphatic rings. The Balaban J connectivity index is 2.27. The van der Waals surface area contributed by atoms with Crippen molar-refractivity contribution >= 4 is 5.91 Å². The average molecular weight is 298 g/mol. The lowest BCUT2D eigenvalue weighted by atomic mass is 10.00. The number of benzene rings is 1. The van der Waals surface area contributed by atoms with Crippen molar-refractivity contribution < 1.29 is 18.3 Å². The van der Waals surface area contributed by atoms with E-state index in [0.29, 0.717) is 12.3 Å². The first-order valence-electron chi connectivity index (χ1n) is 7.05. The molecule has 1 heterocycles. The maximum absolute atomic E-state index is 14.0. The van der Waals surface area contributed by atoms with Crippen LogP contribution < -0.4 is 10.1 Å². The molecule has 0 radical (unpaired) electrons. The highest BCUT2D eigenvalue weighted by atomic mass is 19.2. The molecule has 1 unspecified atom stereocenters. The lowest BCUT2D eigenvalue weighted by Gasteiger charge is -2.34. The summed E-state index contributed by atoms with van der Waals surface area (Å²) in [6.07, 6.45) is 2.61. The number of likely N-dealkylation sites (tertiary alicyclic amines) is 1. The number of rotatable bonds is 4. The van der Waals surface area contributed by atoms with Crippen molar-refractivity contribution in [2.75, 3.05) is 20.7 Å². The van der Waals surface area contributed by atoms with Gasteiger partial charge >= 0.3 is 0 Å². The number of hydrogen-bond acceptors (Lipinski definition) is 3. The molecule has 0 bridgehead atoms. The molecule has 1 aromatic rings. The molecule has 21 heavy (non-hydrogen) atoms. The predicted molar refractivity (Wildman–Crippen MR) is 75.0 cm³/mol. The maximum Gasteiger partial charge on any atom is 0.237 e. The van der Waals surface area contributed by atoms with Gasteiger partial charge in [-0.25, -0.2) is 8.78 Å². The van der Waals surface area contributed by atoms with Crippen molar-refractivity contribution in [1.29, 1.82) is 0 Å². The lowest BCUT2D eigenvalue weighted by Crippen LogP contribution is -2.48. The van der Waals surface area contributed by atoms with Crippen LogP contribution in [-0.2, 0) is 11.3 Å². The second-order valence-electron chi connectivity index (χ2n) is 5.14. The summed E-state index contributed by atoms with van der Waals surface area (Å²) in [5.41, 5.74) is 0.160. The van der Waals surface area contributed by atoms with E-state index in [2.05, 4.69) is 5.32 Å². The molecule has 2 rings (SSSR count). The van der Waals surface area contributed by atoms with Crippen LogP contribution in [0.3, 0.4) is 0 Å². The van der Waals surface area contributed by atoms with E-state index in [4.69, 9.17) is 4.74 Å². The normalized spacial score (nSPS) is 19.3. The number of amides is 1. The Kier molecular flexibility index (Phi) is 5.12. The van der Waals surface area contributed by atoms with Gasteiger partial charge in [0, 0.05) is 19.2 Å². The molecule has 1 amide bonds. The van der Waals surface area contributed by atoms with E-state index >= 15 is 0 Å². The van der Waals surface area contributed by atoms with E-state index in [0.717, 1.165) is 25.3 Å². The molecule has 0 aromatic heterocycles. The number of nitrogens with zero attached hydrogens (tertiary/aromatic N) is 1. The Morgan fingerprint density at radius 3 is 2.86 bits per heavy atom. The van der Waals surface area contributed by atoms with E-state index in [1.807, 2.05) is 4.90 Å². The monoisotopic (exact) mass is 298 g/mol. The fraction of sp³-hybridized carbons (Fsp3) is 0.533. The average Bonchev–Trinajstić information content (AvgIpc) is 2.52. The first kappa shape index (κ1) is 15.7. The summed E-state index contributed by atoms with van der Waals surface area (Å²) in [6.45, 7) is 0.835. The van der Waals surface area contributed by atoms with Crippen LogP contribution in [-0.4, -0.2) is 37.6 Å². The van der Waals surface area contributed by atoms with Crippen molar-refractivity contribution in [2.45, 2.75) is 31.8 Å². The SMILES string of the molecule is CNC(=O)C1CCCCN1Cc1c(OC)ccc(F)c1F. The van der Waals surface area contributed by atoms with Gasteiger partial charge in [-0.1, -0.05) is 6.42 Å². The topological polar surface area (TPSA) is 41.6 Å². The molecule has 6 heteroatoms. The van der Waals surface area contributed by atoms with Gasteiger partial charge in [0.15, 0.2) is 11.6 Å². The molecule has 1 atom stereocenters. The molecule has 0 spiro atoms. The molecule has 116 valence electrons. The minimum absolute atomic E-state index is 0.0921. The van der Waals surface area contributed by atoms with Gasteiger partial charge in [0.25, 0.3) is 0 Å². The molecule has 1 N–H and O–H groups in total. The van der Waals surface area contributed by atoms with Gasteiger partial charge < -0.3 is 10.1 Å². The zero-order chi connectivity index (χ0) is 15.4. The third-order valence-corrected chi connectivity index (χ3v) is 3.90. The number of ether oxygens (including phenoxy) is 1. The van der Waals surface area contributed by atoms with Crippen molar-refractivity contribution in [3.8, 4) is 5.75 Å². The fourth-order valence-electron chi connectivity index (χ4n) is 2.76. The highest BCUT2D eigenvalue weighted by molar-refractivity contribution is 5.81. The van der Waals surface area contributed by atoms with Crippen molar-refractivity contribution in [3.63, 3.8) is 0 Å². The minimum Gasteiger partial charge on any atom is -0.496 e. The number of carbonyl (C=O) groups is 1. The Bertz CT molecular complexity index is 523. The van der Waals surface area contributed by atoms with E-state index in [1.54, 1.807) is 7.05 Å².